The summed E-state index contributed by atoms with van der Waals surface area (Å²) in [6.07, 6.45) is 3.36. The van der Waals surface area contributed by atoms with Crippen LogP contribution in [0.5, 0.6) is 0 Å². The lowest BCUT2D eigenvalue weighted by Gasteiger charge is -2.30. The number of fused-ring (bicyclic) bond motifs is 1. The molecule has 0 aliphatic heterocycles. The molecule has 10 heteroatoms. The number of hydrogen-bond acceptors (Lipinski definition) is 7. The van der Waals surface area contributed by atoms with Gasteiger partial charge in [0.25, 0.3) is 5.69 Å². The molecule has 1 aromatic heterocycles. The minimum Gasteiger partial charge on any atom is -0.362 e. The van der Waals surface area contributed by atoms with Gasteiger partial charge in [0.05, 0.1) is 21.7 Å². The van der Waals surface area contributed by atoms with Crippen LogP contribution in [-0.4, -0.2) is 47.1 Å². The Morgan fingerprint density at radius 1 is 1.03 bits per heavy atom. The molecular formula is C24H29N7O3. The Morgan fingerprint density at radius 3 is 2.44 bits per heavy atom. The fraction of sp³-hybridized carbons (Fsp3) is 0.375. The summed E-state index contributed by atoms with van der Waals surface area (Å²) >= 11 is 0. The maximum atomic E-state index is 12.5. The number of rotatable bonds is 6. The van der Waals surface area contributed by atoms with Gasteiger partial charge in [-0.25, -0.2) is 9.78 Å². The normalized spacial score (nSPS) is 17.7. The average Bonchev–Trinajstić information content (AvgIpc) is 2.81. The third-order valence-electron chi connectivity index (χ3n) is 6.15. The molecule has 178 valence electrons. The van der Waals surface area contributed by atoms with E-state index >= 15 is 0 Å². The first-order valence-electron chi connectivity index (χ1n) is 11.3. The molecular weight excluding hydrogens is 434 g/mol. The Labute approximate surface area is 197 Å². The molecule has 10 nitrogen and oxygen atoms in total. The predicted molar refractivity (Wildman–Crippen MR) is 134 cm³/mol. The summed E-state index contributed by atoms with van der Waals surface area (Å²) in [5.74, 6) is 1.48. The number of hydrogen-bond donors (Lipinski definition) is 3. The second-order valence-corrected chi connectivity index (χ2v) is 8.78. The van der Waals surface area contributed by atoms with Gasteiger partial charge >= 0.3 is 6.03 Å². The van der Waals surface area contributed by atoms with Gasteiger partial charge in [-0.2, -0.15) is 4.98 Å². The van der Waals surface area contributed by atoms with E-state index in [2.05, 4.69) is 20.9 Å². The van der Waals surface area contributed by atoms with Crippen molar-refractivity contribution in [2.24, 2.45) is 0 Å². The van der Waals surface area contributed by atoms with E-state index in [1.165, 1.54) is 6.07 Å². The topological polar surface area (TPSA) is 125 Å². The molecule has 0 radical (unpaired) electrons. The van der Waals surface area contributed by atoms with Gasteiger partial charge in [0.1, 0.15) is 5.82 Å². The Kier molecular flexibility index (Phi) is 6.76. The van der Waals surface area contributed by atoms with Crippen LogP contribution in [0.3, 0.4) is 0 Å². The number of urea groups is 1. The number of nitro benzene ring substituents is 1. The molecule has 1 heterocycles. The first-order valence-corrected chi connectivity index (χ1v) is 11.3. The van der Waals surface area contributed by atoms with Crippen LogP contribution in [0, 0.1) is 17.0 Å². The highest BCUT2D eigenvalue weighted by Gasteiger charge is 2.24. The molecule has 0 saturated heterocycles. The van der Waals surface area contributed by atoms with Crippen molar-refractivity contribution in [2.75, 3.05) is 29.6 Å². The highest BCUT2D eigenvalue weighted by molar-refractivity contribution is 5.91. The quantitative estimate of drug-likeness (QED) is 0.364. The number of nitro groups is 1. The van der Waals surface area contributed by atoms with Crippen LogP contribution >= 0.6 is 0 Å². The largest absolute Gasteiger partial charge is 0.362 e. The van der Waals surface area contributed by atoms with Crippen molar-refractivity contribution < 1.29 is 9.72 Å². The van der Waals surface area contributed by atoms with E-state index in [1.807, 2.05) is 43.3 Å². The number of anilines is 3. The van der Waals surface area contributed by atoms with Gasteiger partial charge in [0.15, 0.2) is 0 Å². The van der Waals surface area contributed by atoms with Gasteiger partial charge in [-0.3, -0.25) is 10.1 Å². The molecule has 0 spiro atoms. The SMILES string of the molecule is Cc1c(NC(=O)NC2CCC(Nc3nc(N(C)C)c4ccccc4n3)CC2)cccc1[N+](=O)[O-]. The van der Waals surface area contributed by atoms with Crippen LogP contribution in [0.1, 0.15) is 31.2 Å². The summed E-state index contributed by atoms with van der Waals surface area (Å²) < 4.78 is 0. The summed E-state index contributed by atoms with van der Waals surface area (Å²) in [7, 11) is 3.94. The van der Waals surface area contributed by atoms with Crippen LogP contribution in [0.15, 0.2) is 42.5 Å². The van der Waals surface area contributed by atoms with Gasteiger partial charge in [0.2, 0.25) is 5.95 Å². The number of nitrogens with one attached hydrogen (secondary N) is 3. The van der Waals surface area contributed by atoms with Crippen LogP contribution in [-0.2, 0) is 0 Å². The highest BCUT2D eigenvalue weighted by atomic mass is 16.6. The van der Waals surface area contributed by atoms with E-state index in [9.17, 15) is 14.9 Å². The molecule has 0 bridgehead atoms. The van der Waals surface area contributed by atoms with Crippen molar-refractivity contribution in [1.82, 2.24) is 15.3 Å². The van der Waals surface area contributed by atoms with E-state index in [0.29, 0.717) is 17.2 Å². The van der Waals surface area contributed by atoms with Crippen LogP contribution in [0.2, 0.25) is 0 Å². The summed E-state index contributed by atoms with van der Waals surface area (Å²) in [5, 5.41) is 21.3. The number of para-hydroxylation sites is 1. The van der Waals surface area contributed by atoms with Gasteiger partial charge in [0, 0.05) is 37.6 Å². The van der Waals surface area contributed by atoms with E-state index in [-0.39, 0.29) is 23.8 Å². The number of amides is 2. The van der Waals surface area contributed by atoms with Crippen molar-refractivity contribution in [1.29, 1.82) is 0 Å². The van der Waals surface area contributed by atoms with Crippen molar-refractivity contribution >= 4 is 40.1 Å². The van der Waals surface area contributed by atoms with Crippen molar-refractivity contribution in [3.63, 3.8) is 0 Å². The first-order chi connectivity index (χ1) is 16.3. The second kappa shape index (κ2) is 9.90. The molecule has 4 rings (SSSR count). The van der Waals surface area contributed by atoms with Crippen molar-refractivity contribution in [3.8, 4) is 0 Å². The monoisotopic (exact) mass is 463 g/mol. The molecule has 3 N–H and O–H groups in total. The number of carbonyl (C=O) groups is 1. The fourth-order valence-corrected chi connectivity index (χ4v) is 4.33. The standard InChI is InChI=1S/C24H29N7O3/c1-15-19(9-6-10-21(15)31(33)34)28-24(32)26-17-13-11-16(12-14-17)25-23-27-20-8-5-4-7-18(20)22(29-23)30(2)3/h4-10,16-17H,11-14H2,1-3H3,(H,25,27,29)(H2,26,28,32). The number of benzene rings is 2. The maximum Gasteiger partial charge on any atom is 0.319 e. The molecule has 1 aliphatic carbocycles. The van der Waals surface area contributed by atoms with Gasteiger partial charge in [-0.05, 0) is 50.8 Å². The second-order valence-electron chi connectivity index (χ2n) is 8.78. The molecule has 0 unspecified atom stereocenters. The van der Waals surface area contributed by atoms with Crippen molar-refractivity contribution in [2.45, 2.75) is 44.7 Å². The Morgan fingerprint density at radius 2 is 1.74 bits per heavy atom. The molecule has 0 atom stereocenters. The molecule has 1 aliphatic rings. The Hall–Kier alpha value is -3.95. The zero-order valence-corrected chi connectivity index (χ0v) is 19.5. The summed E-state index contributed by atoms with van der Waals surface area (Å²) in [4.78, 5) is 34.5. The summed E-state index contributed by atoms with van der Waals surface area (Å²) in [5.41, 5.74) is 1.75. The lowest BCUT2D eigenvalue weighted by atomic mass is 9.91. The molecule has 34 heavy (non-hydrogen) atoms. The lowest BCUT2D eigenvalue weighted by molar-refractivity contribution is -0.385. The third kappa shape index (κ3) is 5.16. The smallest absolute Gasteiger partial charge is 0.319 e. The van der Waals surface area contributed by atoms with Crippen molar-refractivity contribution in [3.05, 3.63) is 58.1 Å². The van der Waals surface area contributed by atoms with Crippen LogP contribution < -0.4 is 20.9 Å². The van der Waals surface area contributed by atoms with E-state index < -0.39 is 4.92 Å². The number of carbonyl (C=O) groups excluding carboxylic acids is 1. The highest BCUT2D eigenvalue weighted by Crippen LogP contribution is 2.27. The minimum absolute atomic E-state index is 0.0160. The van der Waals surface area contributed by atoms with E-state index in [1.54, 1.807) is 19.1 Å². The van der Waals surface area contributed by atoms with E-state index in [4.69, 9.17) is 4.98 Å². The predicted octanol–water partition coefficient (Wildman–Crippen LogP) is 4.46. The summed E-state index contributed by atoms with van der Waals surface area (Å²) in [6, 6.07) is 12.5. The van der Waals surface area contributed by atoms with Gasteiger partial charge in [-0.1, -0.05) is 18.2 Å². The van der Waals surface area contributed by atoms with Crippen LogP contribution in [0.25, 0.3) is 10.9 Å². The zero-order valence-electron chi connectivity index (χ0n) is 19.5. The fourth-order valence-electron chi connectivity index (χ4n) is 4.33. The molecule has 2 amide bonds. The third-order valence-corrected chi connectivity index (χ3v) is 6.15. The lowest BCUT2D eigenvalue weighted by Crippen LogP contribution is -2.42. The average molecular weight is 464 g/mol. The molecule has 3 aromatic rings. The van der Waals surface area contributed by atoms with Crippen LogP contribution in [0.4, 0.5) is 27.9 Å². The first kappa shape index (κ1) is 23.2. The minimum atomic E-state index is -0.451. The van der Waals surface area contributed by atoms with E-state index in [0.717, 1.165) is 42.4 Å². The molecule has 1 saturated carbocycles. The summed E-state index contributed by atoms with van der Waals surface area (Å²) in [6.45, 7) is 1.63. The maximum absolute atomic E-state index is 12.5. The number of nitrogens with zero attached hydrogens (tertiary/aromatic N) is 4. The van der Waals surface area contributed by atoms with Gasteiger partial charge in [-0.15, -0.1) is 0 Å². The Bertz CT molecular complexity index is 1210. The Balaban J connectivity index is 1.33. The molecule has 2 aromatic carbocycles. The number of aromatic nitrogens is 2. The van der Waals surface area contributed by atoms with Gasteiger partial charge < -0.3 is 20.9 Å². The zero-order chi connectivity index (χ0) is 24.2. The molecule has 1 fully saturated rings.